The van der Waals surface area contributed by atoms with Crippen LogP contribution in [-0.2, 0) is 21.7 Å². The molecular weight excluding hydrogens is 563 g/mol. The first-order chi connectivity index (χ1) is 20.5. The number of aliphatic hydroxyl groups is 1. The number of likely N-dealkylation sites (tertiary alicyclic amines) is 1. The smallest absolute Gasteiger partial charge is 0.264 e. The Morgan fingerprint density at radius 1 is 1.16 bits per heavy atom. The Kier molecular flexibility index (Phi) is 7.29. The molecule has 2 aliphatic rings. The summed E-state index contributed by atoms with van der Waals surface area (Å²) in [4.78, 5) is 34.3. The van der Waals surface area contributed by atoms with Crippen molar-refractivity contribution in [1.82, 2.24) is 25.3 Å². The Morgan fingerprint density at radius 3 is 2.67 bits per heavy atom. The van der Waals surface area contributed by atoms with Crippen LogP contribution in [0.15, 0.2) is 53.5 Å². The van der Waals surface area contributed by atoms with Crippen molar-refractivity contribution in [3.05, 3.63) is 77.1 Å². The van der Waals surface area contributed by atoms with E-state index >= 15 is 4.39 Å². The number of nitrogens with zero attached hydrogens (tertiary/aromatic N) is 4. The lowest BCUT2D eigenvalue weighted by atomic mass is 9.66. The van der Waals surface area contributed by atoms with E-state index in [1.54, 1.807) is 30.3 Å². The third-order valence-corrected chi connectivity index (χ3v) is 8.80. The van der Waals surface area contributed by atoms with Crippen molar-refractivity contribution in [3.8, 4) is 11.4 Å². The monoisotopic (exact) mass is 593 g/mol. The van der Waals surface area contributed by atoms with Gasteiger partial charge < -0.3 is 9.63 Å². The van der Waals surface area contributed by atoms with Crippen LogP contribution in [0, 0.1) is 11.2 Å². The number of rotatable bonds is 6. The minimum absolute atomic E-state index is 0.0860. The topological polar surface area (TPSA) is 121 Å². The van der Waals surface area contributed by atoms with E-state index in [4.69, 9.17) is 4.52 Å². The number of carbonyl (C=O) groups excluding carboxylic acids is 2. The number of halogens is 3. The maximum absolute atomic E-state index is 16.2. The van der Waals surface area contributed by atoms with E-state index in [1.807, 2.05) is 13.8 Å². The molecule has 2 N–H and O–H groups in total. The highest BCUT2D eigenvalue weighted by Gasteiger charge is 2.50. The molecule has 12 heteroatoms. The molecule has 2 saturated heterocycles. The van der Waals surface area contributed by atoms with Gasteiger partial charge in [-0.3, -0.25) is 24.8 Å². The molecule has 0 radical (unpaired) electrons. The first-order valence-electron chi connectivity index (χ1n) is 14.0. The zero-order valence-electron chi connectivity index (χ0n) is 23.6. The van der Waals surface area contributed by atoms with Crippen LogP contribution in [-0.4, -0.2) is 50.0 Å². The average molecular weight is 594 g/mol. The fourth-order valence-electron chi connectivity index (χ4n) is 6.41. The van der Waals surface area contributed by atoms with E-state index < -0.39 is 35.1 Å². The van der Waals surface area contributed by atoms with Crippen molar-refractivity contribution in [2.75, 3.05) is 13.1 Å². The van der Waals surface area contributed by atoms with Crippen molar-refractivity contribution in [1.29, 1.82) is 0 Å². The molecule has 224 valence electrons. The minimum atomic E-state index is -2.74. The van der Waals surface area contributed by atoms with Gasteiger partial charge in [-0.2, -0.15) is 4.98 Å². The van der Waals surface area contributed by atoms with Gasteiger partial charge in [0, 0.05) is 59.7 Å². The van der Waals surface area contributed by atoms with Crippen LogP contribution in [0.25, 0.3) is 22.3 Å². The Labute approximate surface area is 245 Å². The van der Waals surface area contributed by atoms with E-state index in [2.05, 4.69) is 25.3 Å². The fourth-order valence-corrected chi connectivity index (χ4v) is 6.41. The summed E-state index contributed by atoms with van der Waals surface area (Å²) in [5, 5.41) is 18.2. The Hall–Kier alpha value is -4.16. The molecule has 2 aromatic heterocycles. The first-order valence-corrected chi connectivity index (χ1v) is 14.0. The number of fused-ring (bicyclic) bond motifs is 1. The van der Waals surface area contributed by atoms with Crippen LogP contribution < -0.4 is 5.32 Å². The van der Waals surface area contributed by atoms with Gasteiger partial charge >= 0.3 is 0 Å². The highest BCUT2D eigenvalue weighted by atomic mass is 19.3. The van der Waals surface area contributed by atoms with Gasteiger partial charge in [-0.05, 0) is 42.2 Å². The second kappa shape index (κ2) is 10.8. The normalized spacial score (nSPS) is 22.7. The fraction of sp³-hybridized carbons (Fsp3) is 0.387. The van der Waals surface area contributed by atoms with Crippen LogP contribution in [0.5, 0.6) is 0 Å². The number of alkyl halides is 2. The number of aromatic nitrogens is 3. The summed E-state index contributed by atoms with van der Waals surface area (Å²) in [5.41, 5.74) is -0.686. The van der Waals surface area contributed by atoms with Crippen LogP contribution >= 0.6 is 0 Å². The largest absolute Gasteiger partial charge is 0.384 e. The number of amides is 2. The molecule has 43 heavy (non-hydrogen) atoms. The number of nitrogens with one attached hydrogen (secondary N) is 1. The van der Waals surface area contributed by atoms with E-state index in [1.165, 1.54) is 12.3 Å². The first kappa shape index (κ1) is 28.9. The zero-order chi connectivity index (χ0) is 30.5. The van der Waals surface area contributed by atoms with E-state index in [9.17, 15) is 23.5 Å². The zero-order valence-corrected chi connectivity index (χ0v) is 23.6. The van der Waals surface area contributed by atoms with Gasteiger partial charge in [-0.1, -0.05) is 37.2 Å². The van der Waals surface area contributed by atoms with E-state index in [-0.39, 0.29) is 46.6 Å². The molecule has 0 spiro atoms. The van der Waals surface area contributed by atoms with Crippen LogP contribution in [0.1, 0.15) is 67.7 Å². The lowest BCUT2D eigenvalue weighted by Crippen LogP contribution is -2.55. The van der Waals surface area contributed by atoms with Crippen molar-refractivity contribution < 1.29 is 32.4 Å². The maximum Gasteiger partial charge on any atom is 0.264 e. The number of benzene rings is 2. The molecule has 4 aromatic rings. The summed E-state index contributed by atoms with van der Waals surface area (Å²) in [6.07, 6.45) is 0.565. The van der Waals surface area contributed by atoms with Crippen molar-refractivity contribution >= 4 is 22.7 Å². The Balaban J connectivity index is 1.25. The molecule has 2 amide bonds. The quantitative estimate of drug-likeness (QED) is 0.300. The summed E-state index contributed by atoms with van der Waals surface area (Å²) in [7, 11) is 0. The van der Waals surface area contributed by atoms with Crippen LogP contribution in [0.4, 0.5) is 13.2 Å². The Bertz CT molecular complexity index is 1710. The van der Waals surface area contributed by atoms with Gasteiger partial charge in [0.1, 0.15) is 5.82 Å². The third kappa shape index (κ3) is 5.18. The van der Waals surface area contributed by atoms with Crippen molar-refractivity contribution in [2.45, 2.75) is 57.6 Å². The molecule has 2 aromatic carbocycles. The van der Waals surface area contributed by atoms with Gasteiger partial charge in [0.25, 0.3) is 6.43 Å². The molecule has 2 unspecified atom stereocenters. The minimum Gasteiger partial charge on any atom is -0.384 e. The van der Waals surface area contributed by atoms with E-state index in [0.717, 1.165) is 6.39 Å². The molecule has 2 fully saturated rings. The Morgan fingerprint density at radius 2 is 1.98 bits per heavy atom. The van der Waals surface area contributed by atoms with Crippen LogP contribution in [0.3, 0.4) is 0 Å². The van der Waals surface area contributed by atoms with Gasteiger partial charge in [0.2, 0.25) is 24.0 Å². The SMILES string of the molecule is CC1(C)CN(Cc2ccc(-c3ncon3)c(C(F)F)c2)CCC1(O)c1ccc2ncc(C3CCC(=O)NC3=O)cc2c1F. The standard InChI is InChI=1S/C31H30F3N5O4/c1-30(2)15-39(14-17-3-4-20(21(11-17)27(33)34)28-36-16-43-38-28)10-9-31(30,42)23-6-7-24-22(26(23)32)12-18(13-35-24)19-5-8-25(40)37-29(19)41/h3-4,6-7,11-13,16,19,27,42H,5,8-10,14-15H2,1-2H3,(H,37,40,41). The molecule has 0 aliphatic carbocycles. The summed E-state index contributed by atoms with van der Waals surface area (Å²) >= 11 is 0. The van der Waals surface area contributed by atoms with Crippen molar-refractivity contribution in [3.63, 3.8) is 0 Å². The van der Waals surface area contributed by atoms with Crippen LogP contribution in [0.2, 0.25) is 0 Å². The molecular formula is C31H30F3N5O4. The summed E-state index contributed by atoms with van der Waals surface area (Å²) in [6, 6.07) is 9.50. The van der Waals surface area contributed by atoms with Gasteiger partial charge in [-0.15, -0.1) is 0 Å². The number of piperidine rings is 2. The predicted molar refractivity (Wildman–Crippen MR) is 149 cm³/mol. The summed E-state index contributed by atoms with van der Waals surface area (Å²) in [5.74, 6) is -1.92. The highest BCUT2D eigenvalue weighted by molar-refractivity contribution is 6.01. The number of hydrogen-bond acceptors (Lipinski definition) is 8. The predicted octanol–water partition coefficient (Wildman–Crippen LogP) is 5.00. The molecule has 9 nitrogen and oxygen atoms in total. The van der Waals surface area contributed by atoms with Gasteiger partial charge in [-0.25, -0.2) is 13.2 Å². The summed E-state index contributed by atoms with van der Waals surface area (Å²) in [6.45, 7) is 4.81. The number of pyridine rings is 1. The van der Waals surface area contributed by atoms with Gasteiger partial charge in [0.15, 0.2) is 0 Å². The summed E-state index contributed by atoms with van der Waals surface area (Å²) < 4.78 is 48.7. The highest BCUT2D eigenvalue weighted by Crippen LogP contribution is 2.48. The lowest BCUT2D eigenvalue weighted by Gasteiger charge is -2.50. The molecule has 6 rings (SSSR count). The number of carbonyl (C=O) groups is 2. The molecule has 4 heterocycles. The third-order valence-electron chi connectivity index (χ3n) is 8.80. The van der Waals surface area contributed by atoms with Crippen molar-refractivity contribution in [2.24, 2.45) is 5.41 Å². The molecule has 0 saturated carbocycles. The average Bonchev–Trinajstić information content (AvgIpc) is 3.50. The second-order valence-electron chi connectivity index (χ2n) is 11.9. The number of imide groups is 1. The number of hydrogen-bond donors (Lipinski definition) is 2. The molecule has 2 atom stereocenters. The van der Waals surface area contributed by atoms with E-state index in [0.29, 0.717) is 42.7 Å². The maximum atomic E-state index is 16.2. The second-order valence-corrected chi connectivity index (χ2v) is 11.9. The molecule has 2 aliphatic heterocycles. The van der Waals surface area contributed by atoms with Gasteiger partial charge in [0.05, 0.1) is 17.0 Å². The lowest BCUT2D eigenvalue weighted by molar-refractivity contribution is -0.134. The molecule has 0 bridgehead atoms.